The van der Waals surface area contributed by atoms with Gasteiger partial charge in [0.05, 0.1) is 13.1 Å². The van der Waals surface area contributed by atoms with Gasteiger partial charge in [-0.1, -0.05) is 24.3 Å². The SMILES string of the molecule is CCNC(=O)CN1CCN(C(=O)NCc2ccc(Cn3cncn3)cc2)CC1. The molecule has 1 fully saturated rings. The molecule has 9 heteroatoms. The molecule has 2 aromatic rings. The molecule has 1 aromatic carbocycles. The van der Waals surface area contributed by atoms with Crippen molar-refractivity contribution in [1.82, 2.24) is 35.2 Å². The molecule has 150 valence electrons. The molecular weight excluding hydrogens is 358 g/mol. The van der Waals surface area contributed by atoms with Crippen LogP contribution >= 0.6 is 0 Å². The van der Waals surface area contributed by atoms with Crippen molar-refractivity contribution in [3.63, 3.8) is 0 Å². The largest absolute Gasteiger partial charge is 0.355 e. The summed E-state index contributed by atoms with van der Waals surface area (Å²) < 4.78 is 1.77. The number of carbonyl (C=O) groups is 2. The van der Waals surface area contributed by atoms with Crippen molar-refractivity contribution in [3.05, 3.63) is 48.0 Å². The zero-order valence-corrected chi connectivity index (χ0v) is 16.2. The van der Waals surface area contributed by atoms with Gasteiger partial charge in [0.2, 0.25) is 5.91 Å². The van der Waals surface area contributed by atoms with Crippen molar-refractivity contribution in [2.75, 3.05) is 39.3 Å². The Morgan fingerprint density at radius 3 is 2.39 bits per heavy atom. The topological polar surface area (TPSA) is 95.4 Å². The van der Waals surface area contributed by atoms with Crippen LogP contribution in [0.2, 0.25) is 0 Å². The summed E-state index contributed by atoms with van der Waals surface area (Å²) in [5.41, 5.74) is 2.18. The number of rotatable bonds is 7. The normalized spacial score (nSPS) is 14.7. The zero-order chi connectivity index (χ0) is 19.8. The van der Waals surface area contributed by atoms with Crippen LogP contribution in [0.4, 0.5) is 4.79 Å². The minimum atomic E-state index is -0.0654. The van der Waals surface area contributed by atoms with Gasteiger partial charge in [-0.2, -0.15) is 5.10 Å². The molecule has 3 amide bonds. The van der Waals surface area contributed by atoms with Crippen LogP contribution in [0.25, 0.3) is 0 Å². The second kappa shape index (κ2) is 9.84. The van der Waals surface area contributed by atoms with Gasteiger partial charge in [0.1, 0.15) is 12.7 Å². The molecule has 0 radical (unpaired) electrons. The first-order valence-electron chi connectivity index (χ1n) is 9.56. The molecule has 0 saturated carbocycles. The summed E-state index contributed by atoms with van der Waals surface area (Å²) in [6.07, 6.45) is 3.20. The van der Waals surface area contributed by atoms with Crippen molar-refractivity contribution >= 4 is 11.9 Å². The van der Waals surface area contributed by atoms with E-state index >= 15 is 0 Å². The lowest BCUT2D eigenvalue weighted by Crippen LogP contribution is -2.53. The highest BCUT2D eigenvalue weighted by Crippen LogP contribution is 2.07. The first kappa shape index (κ1) is 19.8. The number of nitrogens with zero attached hydrogens (tertiary/aromatic N) is 5. The maximum Gasteiger partial charge on any atom is 0.317 e. The van der Waals surface area contributed by atoms with Crippen LogP contribution in [0.1, 0.15) is 18.1 Å². The number of urea groups is 1. The molecule has 1 saturated heterocycles. The molecule has 0 unspecified atom stereocenters. The lowest BCUT2D eigenvalue weighted by atomic mass is 10.1. The van der Waals surface area contributed by atoms with E-state index in [2.05, 4.69) is 25.6 Å². The minimum Gasteiger partial charge on any atom is -0.355 e. The van der Waals surface area contributed by atoms with Gasteiger partial charge in [0, 0.05) is 39.3 Å². The van der Waals surface area contributed by atoms with Gasteiger partial charge in [0.25, 0.3) is 0 Å². The van der Waals surface area contributed by atoms with E-state index in [0.717, 1.165) is 11.1 Å². The van der Waals surface area contributed by atoms with Gasteiger partial charge >= 0.3 is 6.03 Å². The highest BCUT2D eigenvalue weighted by molar-refractivity contribution is 5.78. The number of benzene rings is 1. The quantitative estimate of drug-likeness (QED) is 0.714. The molecule has 2 N–H and O–H groups in total. The van der Waals surface area contributed by atoms with E-state index in [1.165, 1.54) is 6.33 Å². The van der Waals surface area contributed by atoms with Crippen LogP contribution in [-0.2, 0) is 17.9 Å². The Hall–Kier alpha value is -2.94. The van der Waals surface area contributed by atoms with Crippen molar-refractivity contribution in [3.8, 4) is 0 Å². The molecule has 1 aliphatic rings. The third-order valence-corrected chi connectivity index (χ3v) is 4.68. The maximum atomic E-state index is 12.4. The van der Waals surface area contributed by atoms with Crippen LogP contribution in [0.15, 0.2) is 36.9 Å². The van der Waals surface area contributed by atoms with E-state index in [9.17, 15) is 9.59 Å². The average molecular weight is 385 g/mol. The van der Waals surface area contributed by atoms with E-state index < -0.39 is 0 Å². The third-order valence-electron chi connectivity index (χ3n) is 4.68. The molecule has 28 heavy (non-hydrogen) atoms. The van der Waals surface area contributed by atoms with Crippen molar-refractivity contribution in [1.29, 1.82) is 0 Å². The van der Waals surface area contributed by atoms with Crippen molar-refractivity contribution in [2.45, 2.75) is 20.0 Å². The van der Waals surface area contributed by atoms with Crippen LogP contribution in [0.5, 0.6) is 0 Å². The number of carbonyl (C=O) groups excluding carboxylic acids is 2. The van der Waals surface area contributed by atoms with Gasteiger partial charge in [0.15, 0.2) is 0 Å². The van der Waals surface area contributed by atoms with Crippen molar-refractivity contribution < 1.29 is 9.59 Å². The summed E-state index contributed by atoms with van der Waals surface area (Å²) in [5, 5.41) is 9.86. The molecule has 1 aliphatic heterocycles. The summed E-state index contributed by atoms with van der Waals surface area (Å²) in [7, 11) is 0. The van der Waals surface area contributed by atoms with Crippen LogP contribution in [-0.4, -0.2) is 75.8 Å². The molecule has 2 heterocycles. The lowest BCUT2D eigenvalue weighted by molar-refractivity contribution is -0.122. The second-order valence-electron chi connectivity index (χ2n) is 6.78. The predicted octanol–water partition coefficient (Wildman–Crippen LogP) is 0.290. The number of piperazine rings is 1. The Labute approximate surface area is 164 Å². The summed E-state index contributed by atoms with van der Waals surface area (Å²) in [4.78, 5) is 31.8. The van der Waals surface area contributed by atoms with E-state index in [1.54, 1.807) is 15.9 Å². The highest BCUT2D eigenvalue weighted by Gasteiger charge is 2.22. The second-order valence-corrected chi connectivity index (χ2v) is 6.78. The lowest BCUT2D eigenvalue weighted by Gasteiger charge is -2.34. The summed E-state index contributed by atoms with van der Waals surface area (Å²) >= 11 is 0. The Kier molecular flexibility index (Phi) is 6.96. The fourth-order valence-electron chi connectivity index (χ4n) is 3.12. The van der Waals surface area contributed by atoms with Crippen LogP contribution in [0, 0.1) is 0 Å². The summed E-state index contributed by atoms with van der Waals surface area (Å²) in [6, 6.07) is 8.02. The highest BCUT2D eigenvalue weighted by atomic mass is 16.2. The Morgan fingerprint density at radius 1 is 1.04 bits per heavy atom. The third kappa shape index (κ3) is 5.78. The van der Waals surface area contributed by atoms with Gasteiger partial charge in [-0.15, -0.1) is 0 Å². The van der Waals surface area contributed by atoms with Crippen molar-refractivity contribution in [2.24, 2.45) is 0 Å². The molecule has 9 nitrogen and oxygen atoms in total. The molecule has 3 rings (SSSR count). The summed E-state index contributed by atoms with van der Waals surface area (Å²) in [6.45, 7) is 6.78. The van der Waals surface area contributed by atoms with Crippen LogP contribution < -0.4 is 10.6 Å². The van der Waals surface area contributed by atoms with Gasteiger partial charge in [-0.05, 0) is 18.1 Å². The monoisotopic (exact) mass is 385 g/mol. The fraction of sp³-hybridized carbons (Fsp3) is 0.474. The fourth-order valence-corrected chi connectivity index (χ4v) is 3.12. The summed E-state index contributed by atoms with van der Waals surface area (Å²) in [5.74, 6) is 0.0349. The Morgan fingerprint density at radius 2 is 1.75 bits per heavy atom. The predicted molar refractivity (Wildman–Crippen MR) is 104 cm³/mol. The zero-order valence-electron chi connectivity index (χ0n) is 16.2. The van der Waals surface area contributed by atoms with Crippen LogP contribution in [0.3, 0.4) is 0 Å². The maximum absolute atomic E-state index is 12.4. The van der Waals surface area contributed by atoms with E-state index in [0.29, 0.717) is 52.4 Å². The molecule has 0 atom stereocenters. The Balaban J connectivity index is 1.39. The number of hydrogen-bond acceptors (Lipinski definition) is 5. The first-order chi connectivity index (χ1) is 13.6. The molecule has 0 bridgehead atoms. The van der Waals surface area contributed by atoms with E-state index in [-0.39, 0.29) is 11.9 Å². The average Bonchev–Trinajstić information content (AvgIpc) is 3.21. The molecule has 0 spiro atoms. The number of likely N-dealkylation sites (N-methyl/N-ethyl adjacent to an activating group) is 1. The Bertz CT molecular complexity index is 753. The molecular formula is C19H27N7O2. The van der Waals surface area contributed by atoms with E-state index in [1.807, 2.05) is 31.2 Å². The number of aromatic nitrogens is 3. The minimum absolute atomic E-state index is 0.0349. The number of amides is 3. The number of nitrogens with one attached hydrogen (secondary N) is 2. The standard InChI is InChI=1S/C19H27N7O2/c1-2-21-18(27)13-24-7-9-25(10-8-24)19(28)22-11-16-3-5-17(6-4-16)12-26-15-20-14-23-26/h3-6,14-15H,2,7-13H2,1H3,(H,21,27)(H,22,28). The molecule has 0 aliphatic carbocycles. The first-order valence-corrected chi connectivity index (χ1v) is 9.56. The van der Waals surface area contributed by atoms with E-state index in [4.69, 9.17) is 0 Å². The van der Waals surface area contributed by atoms with Gasteiger partial charge in [-0.25, -0.2) is 14.5 Å². The molecule has 1 aromatic heterocycles. The van der Waals surface area contributed by atoms with Gasteiger partial charge < -0.3 is 15.5 Å². The van der Waals surface area contributed by atoms with Gasteiger partial charge in [-0.3, -0.25) is 9.69 Å². The number of hydrogen-bond donors (Lipinski definition) is 2. The smallest absolute Gasteiger partial charge is 0.317 e.